The number of nitrogens with zero attached hydrogens (tertiary/aromatic N) is 1. The highest BCUT2D eigenvalue weighted by Gasteiger charge is 2.44. The van der Waals surface area contributed by atoms with Gasteiger partial charge in [-0.15, -0.1) is 0 Å². The molecule has 1 unspecified atom stereocenters. The Kier molecular flexibility index (Phi) is 5.02. The Morgan fingerprint density at radius 1 is 1.22 bits per heavy atom. The van der Waals surface area contributed by atoms with Gasteiger partial charge in [0.2, 0.25) is 5.91 Å². The molecule has 1 aliphatic rings. The van der Waals surface area contributed by atoms with Gasteiger partial charge in [-0.3, -0.25) is 14.5 Å². The van der Waals surface area contributed by atoms with Gasteiger partial charge >= 0.3 is 0 Å². The van der Waals surface area contributed by atoms with Gasteiger partial charge in [0.05, 0.1) is 12.8 Å². The molecule has 6 nitrogen and oxygen atoms in total. The highest BCUT2D eigenvalue weighted by Crippen LogP contribution is 2.40. The minimum Gasteiger partial charge on any atom is -0.497 e. The molecule has 0 saturated heterocycles. The van der Waals surface area contributed by atoms with Crippen molar-refractivity contribution in [3.63, 3.8) is 0 Å². The molecule has 1 N–H and O–H groups in total. The Bertz CT molecular complexity index is 880. The second-order valence-electron chi connectivity index (χ2n) is 6.79. The van der Waals surface area contributed by atoms with Crippen LogP contribution in [0, 0.1) is 0 Å². The fourth-order valence-electron chi connectivity index (χ4n) is 2.91. The Labute approximate surface area is 163 Å². The predicted octanol–water partition coefficient (Wildman–Crippen LogP) is 3.88. The van der Waals surface area contributed by atoms with Crippen molar-refractivity contribution in [3.8, 4) is 11.5 Å². The molecule has 1 atom stereocenters. The summed E-state index contributed by atoms with van der Waals surface area (Å²) < 4.78 is 10.9. The zero-order valence-electron chi connectivity index (χ0n) is 15.6. The first-order valence-corrected chi connectivity index (χ1v) is 8.88. The van der Waals surface area contributed by atoms with E-state index < -0.39 is 11.6 Å². The minimum absolute atomic E-state index is 0.311. The van der Waals surface area contributed by atoms with Crippen LogP contribution in [-0.4, -0.2) is 30.6 Å². The van der Waals surface area contributed by atoms with E-state index in [-0.39, 0.29) is 11.8 Å². The highest BCUT2D eigenvalue weighted by molar-refractivity contribution is 6.31. The number of carbonyl (C=O) groups excluding carboxylic acids is 2. The predicted molar refractivity (Wildman–Crippen MR) is 105 cm³/mol. The van der Waals surface area contributed by atoms with Crippen LogP contribution in [0.3, 0.4) is 0 Å². The maximum absolute atomic E-state index is 13.0. The normalized spacial score (nSPS) is 16.2. The number of halogens is 1. The number of methoxy groups -OCH3 is 1. The van der Waals surface area contributed by atoms with Gasteiger partial charge in [-0.2, -0.15) is 0 Å². The highest BCUT2D eigenvalue weighted by atomic mass is 35.5. The van der Waals surface area contributed by atoms with E-state index in [1.165, 1.54) is 4.90 Å². The largest absolute Gasteiger partial charge is 0.497 e. The summed E-state index contributed by atoms with van der Waals surface area (Å²) in [5.74, 6) is 0.564. The number of anilines is 2. The average Bonchev–Trinajstić information content (AvgIpc) is 2.63. The number of rotatable bonds is 4. The van der Waals surface area contributed by atoms with Crippen LogP contribution in [0.1, 0.15) is 20.8 Å². The van der Waals surface area contributed by atoms with E-state index in [9.17, 15) is 9.59 Å². The molecular weight excluding hydrogens is 368 g/mol. The summed E-state index contributed by atoms with van der Waals surface area (Å²) in [6.07, 6.45) is 0. The Balaban J connectivity index is 1.89. The number of amides is 2. The third-order valence-corrected chi connectivity index (χ3v) is 4.64. The average molecular weight is 389 g/mol. The fraction of sp³-hybridized carbons (Fsp3) is 0.300. The first-order chi connectivity index (χ1) is 12.7. The van der Waals surface area contributed by atoms with E-state index in [4.69, 9.17) is 21.1 Å². The summed E-state index contributed by atoms with van der Waals surface area (Å²) >= 11 is 6.10. The number of fused-ring (bicyclic) bond motifs is 1. The van der Waals surface area contributed by atoms with Gasteiger partial charge in [-0.05, 0) is 63.2 Å². The summed E-state index contributed by atoms with van der Waals surface area (Å²) in [5.41, 5.74) is -0.00157. The summed E-state index contributed by atoms with van der Waals surface area (Å²) in [6.45, 7) is 5.02. The van der Waals surface area contributed by atoms with Gasteiger partial charge < -0.3 is 14.8 Å². The van der Waals surface area contributed by atoms with Crippen molar-refractivity contribution < 1.29 is 19.1 Å². The molecule has 0 spiro atoms. The zero-order chi connectivity index (χ0) is 19.8. The SMILES string of the molecule is COc1ccc(NC(=O)C(C)N2C(=O)C(C)(C)Oc3ccc(Cl)cc32)cc1. The molecule has 3 rings (SSSR count). The van der Waals surface area contributed by atoms with Crippen LogP contribution in [0.5, 0.6) is 11.5 Å². The summed E-state index contributed by atoms with van der Waals surface area (Å²) in [6, 6.07) is 11.2. The summed E-state index contributed by atoms with van der Waals surface area (Å²) in [5, 5.41) is 3.28. The molecule has 0 radical (unpaired) electrons. The molecule has 2 amide bonds. The minimum atomic E-state index is -1.09. The van der Waals surface area contributed by atoms with Crippen LogP contribution >= 0.6 is 11.6 Å². The van der Waals surface area contributed by atoms with E-state index >= 15 is 0 Å². The quantitative estimate of drug-likeness (QED) is 0.863. The Morgan fingerprint density at radius 2 is 1.89 bits per heavy atom. The van der Waals surface area contributed by atoms with E-state index in [0.29, 0.717) is 27.9 Å². The van der Waals surface area contributed by atoms with Crippen molar-refractivity contribution in [2.24, 2.45) is 0 Å². The number of hydrogen-bond acceptors (Lipinski definition) is 4. The van der Waals surface area contributed by atoms with Gasteiger partial charge in [0.15, 0.2) is 5.60 Å². The molecule has 2 aromatic rings. The molecule has 27 heavy (non-hydrogen) atoms. The molecule has 7 heteroatoms. The summed E-state index contributed by atoms with van der Waals surface area (Å²) in [7, 11) is 1.57. The maximum Gasteiger partial charge on any atom is 0.271 e. The zero-order valence-corrected chi connectivity index (χ0v) is 16.3. The molecule has 2 aromatic carbocycles. The number of nitrogens with one attached hydrogen (secondary N) is 1. The van der Waals surface area contributed by atoms with Crippen molar-refractivity contribution in [1.82, 2.24) is 0 Å². The second-order valence-corrected chi connectivity index (χ2v) is 7.23. The fourth-order valence-corrected chi connectivity index (χ4v) is 3.07. The Morgan fingerprint density at radius 3 is 2.52 bits per heavy atom. The molecule has 0 saturated carbocycles. The van der Waals surface area contributed by atoms with Crippen molar-refractivity contribution in [2.45, 2.75) is 32.4 Å². The van der Waals surface area contributed by atoms with Crippen molar-refractivity contribution in [2.75, 3.05) is 17.3 Å². The van der Waals surface area contributed by atoms with Crippen molar-refractivity contribution in [1.29, 1.82) is 0 Å². The molecule has 1 aliphatic heterocycles. The van der Waals surface area contributed by atoms with E-state index in [2.05, 4.69) is 5.32 Å². The van der Waals surface area contributed by atoms with Gasteiger partial charge in [0, 0.05) is 10.7 Å². The smallest absolute Gasteiger partial charge is 0.271 e. The number of benzene rings is 2. The number of ether oxygens (including phenoxy) is 2. The number of carbonyl (C=O) groups is 2. The molecule has 0 aromatic heterocycles. The molecule has 142 valence electrons. The van der Waals surface area contributed by atoms with Crippen molar-refractivity contribution >= 4 is 34.8 Å². The van der Waals surface area contributed by atoms with Gasteiger partial charge in [0.25, 0.3) is 5.91 Å². The van der Waals surface area contributed by atoms with E-state index in [0.717, 1.165) is 0 Å². The first kappa shape index (κ1) is 19.0. The van der Waals surface area contributed by atoms with Crippen LogP contribution in [0.15, 0.2) is 42.5 Å². The van der Waals surface area contributed by atoms with E-state index in [1.54, 1.807) is 70.3 Å². The van der Waals surface area contributed by atoms with Crippen LogP contribution in [0.2, 0.25) is 5.02 Å². The molecular formula is C20H21ClN2O4. The maximum atomic E-state index is 13.0. The third-order valence-electron chi connectivity index (χ3n) is 4.40. The van der Waals surface area contributed by atoms with Gasteiger partial charge in [-0.1, -0.05) is 11.6 Å². The lowest BCUT2D eigenvalue weighted by Crippen LogP contribution is -2.57. The van der Waals surface area contributed by atoms with Crippen LogP contribution < -0.4 is 19.7 Å². The van der Waals surface area contributed by atoms with Crippen molar-refractivity contribution in [3.05, 3.63) is 47.5 Å². The van der Waals surface area contributed by atoms with Crippen LogP contribution in [-0.2, 0) is 9.59 Å². The third kappa shape index (κ3) is 3.71. The van der Waals surface area contributed by atoms with E-state index in [1.807, 2.05) is 0 Å². The molecule has 0 fully saturated rings. The standard InChI is InChI=1S/C20H21ClN2O4/c1-12(18(24)22-14-6-8-15(26-4)9-7-14)23-16-11-13(21)5-10-17(16)27-20(2,3)19(23)25/h5-12H,1-4H3,(H,22,24). The lowest BCUT2D eigenvalue weighted by molar-refractivity contribution is -0.134. The lowest BCUT2D eigenvalue weighted by Gasteiger charge is -2.41. The summed E-state index contributed by atoms with van der Waals surface area (Å²) in [4.78, 5) is 27.2. The lowest BCUT2D eigenvalue weighted by atomic mass is 10.0. The Hall–Kier alpha value is -2.73. The van der Waals surface area contributed by atoms with Gasteiger partial charge in [0.1, 0.15) is 17.5 Å². The topological polar surface area (TPSA) is 67.9 Å². The second kappa shape index (κ2) is 7.12. The molecule has 0 aliphatic carbocycles. The number of hydrogen-bond donors (Lipinski definition) is 1. The molecule has 1 heterocycles. The van der Waals surface area contributed by atoms with Crippen LogP contribution in [0.25, 0.3) is 0 Å². The van der Waals surface area contributed by atoms with Crippen LogP contribution in [0.4, 0.5) is 11.4 Å². The monoisotopic (exact) mass is 388 g/mol. The van der Waals surface area contributed by atoms with Gasteiger partial charge in [-0.25, -0.2) is 0 Å². The molecule has 0 bridgehead atoms. The first-order valence-electron chi connectivity index (χ1n) is 8.50.